The molecule has 0 aliphatic heterocycles. The highest BCUT2D eigenvalue weighted by molar-refractivity contribution is 5.21. The zero-order valence-electron chi connectivity index (χ0n) is 10.9. The number of ether oxygens (including phenoxy) is 1. The van der Waals surface area contributed by atoms with Gasteiger partial charge in [-0.3, -0.25) is 0 Å². The maximum absolute atomic E-state index is 13.6. The fourth-order valence-corrected chi connectivity index (χ4v) is 1.61. The molecule has 0 fully saturated rings. The average Bonchev–Trinajstić information content (AvgIpc) is 2.30. The summed E-state index contributed by atoms with van der Waals surface area (Å²) in [6.07, 6.45) is 1.04. The molecule has 1 N–H and O–H groups in total. The van der Waals surface area contributed by atoms with Gasteiger partial charge in [0, 0.05) is 12.2 Å². The maximum atomic E-state index is 13.6. The van der Waals surface area contributed by atoms with E-state index in [1.807, 2.05) is 13.1 Å². The molecule has 96 valence electrons. The van der Waals surface area contributed by atoms with Crippen molar-refractivity contribution in [3.63, 3.8) is 0 Å². The van der Waals surface area contributed by atoms with Gasteiger partial charge in [0.1, 0.15) is 5.82 Å². The molecule has 2 nitrogen and oxygen atoms in total. The molecule has 0 spiro atoms. The smallest absolute Gasteiger partial charge is 0.128 e. The molecule has 1 aromatic carbocycles. The third-order valence-electron chi connectivity index (χ3n) is 2.75. The van der Waals surface area contributed by atoms with Gasteiger partial charge in [0.05, 0.1) is 12.6 Å². The molecule has 0 saturated heterocycles. The second kappa shape index (κ2) is 7.41. The van der Waals surface area contributed by atoms with Gasteiger partial charge in [-0.2, -0.15) is 0 Å². The van der Waals surface area contributed by atoms with Gasteiger partial charge >= 0.3 is 0 Å². The van der Waals surface area contributed by atoms with Crippen molar-refractivity contribution in [2.45, 2.75) is 26.3 Å². The zero-order chi connectivity index (χ0) is 12.7. The number of hydrogen-bond acceptors (Lipinski definition) is 2. The molecule has 0 aliphatic carbocycles. The summed E-state index contributed by atoms with van der Waals surface area (Å²) >= 11 is 0. The summed E-state index contributed by atoms with van der Waals surface area (Å²) in [6.45, 7) is 5.56. The first-order valence-electron chi connectivity index (χ1n) is 6.14. The van der Waals surface area contributed by atoms with Crippen LogP contribution < -0.4 is 5.32 Å². The van der Waals surface area contributed by atoms with Crippen molar-refractivity contribution in [2.24, 2.45) is 5.92 Å². The van der Waals surface area contributed by atoms with E-state index in [0.717, 1.165) is 13.0 Å². The van der Waals surface area contributed by atoms with Gasteiger partial charge in [0.15, 0.2) is 0 Å². The SMILES string of the molecule is CNC(COCCC(C)C)c1ccccc1F. The Balaban J connectivity index is 2.46. The van der Waals surface area contributed by atoms with Crippen LogP contribution in [0.25, 0.3) is 0 Å². The quantitative estimate of drug-likeness (QED) is 0.738. The van der Waals surface area contributed by atoms with E-state index in [1.165, 1.54) is 6.07 Å². The minimum atomic E-state index is -0.181. The lowest BCUT2D eigenvalue weighted by Crippen LogP contribution is -2.23. The lowest BCUT2D eigenvalue weighted by atomic mass is 10.1. The summed E-state index contributed by atoms with van der Waals surface area (Å²) in [6, 6.07) is 6.74. The summed E-state index contributed by atoms with van der Waals surface area (Å²) in [5.41, 5.74) is 0.666. The summed E-state index contributed by atoms with van der Waals surface area (Å²) < 4.78 is 19.1. The van der Waals surface area contributed by atoms with Crippen LogP contribution >= 0.6 is 0 Å². The van der Waals surface area contributed by atoms with E-state index in [2.05, 4.69) is 19.2 Å². The lowest BCUT2D eigenvalue weighted by molar-refractivity contribution is 0.103. The minimum absolute atomic E-state index is 0.0802. The monoisotopic (exact) mass is 239 g/mol. The Kier molecular flexibility index (Phi) is 6.16. The Morgan fingerprint density at radius 3 is 2.59 bits per heavy atom. The first-order valence-corrected chi connectivity index (χ1v) is 6.14. The summed E-state index contributed by atoms with van der Waals surface area (Å²) in [7, 11) is 1.82. The third kappa shape index (κ3) is 4.84. The second-order valence-electron chi connectivity index (χ2n) is 4.62. The van der Waals surface area contributed by atoms with Gasteiger partial charge in [-0.15, -0.1) is 0 Å². The standard InChI is InChI=1S/C14H22FNO/c1-11(2)8-9-17-10-14(16-3)12-6-4-5-7-13(12)15/h4-7,11,14,16H,8-10H2,1-3H3. The fraction of sp³-hybridized carbons (Fsp3) is 0.571. The molecular weight excluding hydrogens is 217 g/mol. The van der Waals surface area contributed by atoms with Crippen molar-refractivity contribution in [3.8, 4) is 0 Å². The van der Waals surface area contributed by atoms with E-state index in [9.17, 15) is 4.39 Å². The molecule has 0 heterocycles. The molecule has 0 aromatic heterocycles. The van der Waals surface area contributed by atoms with Crippen LogP contribution in [-0.4, -0.2) is 20.3 Å². The van der Waals surface area contributed by atoms with Gasteiger partial charge in [-0.1, -0.05) is 32.0 Å². The predicted octanol–water partition coefficient (Wildman–Crippen LogP) is 3.15. The van der Waals surface area contributed by atoms with Crippen LogP contribution in [0.4, 0.5) is 4.39 Å². The largest absolute Gasteiger partial charge is 0.379 e. The fourth-order valence-electron chi connectivity index (χ4n) is 1.61. The Labute approximate surface area is 103 Å². The van der Waals surface area contributed by atoms with Crippen molar-refractivity contribution in [3.05, 3.63) is 35.6 Å². The topological polar surface area (TPSA) is 21.3 Å². The van der Waals surface area contributed by atoms with Crippen LogP contribution in [0.1, 0.15) is 31.9 Å². The molecule has 0 radical (unpaired) electrons. The molecular formula is C14H22FNO. The van der Waals surface area contributed by atoms with Crippen molar-refractivity contribution < 1.29 is 9.13 Å². The van der Waals surface area contributed by atoms with E-state index in [-0.39, 0.29) is 11.9 Å². The number of likely N-dealkylation sites (N-methyl/N-ethyl adjacent to an activating group) is 1. The first kappa shape index (κ1) is 14.1. The first-order chi connectivity index (χ1) is 8.15. The highest BCUT2D eigenvalue weighted by Crippen LogP contribution is 2.16. The highest BCUT2D eigenvalue weighted by Gasteiger charge is 2.13. The van der Waals surface area contributed by atoms with Crippen LogP contribution in [0.15, 0.2) is 24.3 Å². The van der Waals surface area contributed by atoms with E-state index >= 15 is 0 Å². The van der Waals surface area contributed by atoms with E-state index < -0.39 is 0 Å². The zero-order valence-corrected chi connectivity index (χ0v) is 10.9. The van der Waals surface area contributed by atoms with Crippen LogP contribution in [0.2, 0.25) is 0 Å². The van der Waals surface area contributed by atoms with Gasteiger partial charge in [-0.25, -0.2) is 4.39 Å². The molecule has 1 rings (SSSR count). The third-order valence-corrected chi connectivity index (χ3v) is 2.75. The molecule has 0 amide bonds. The number of benzene rings is 1. The highest BCUT2D eigenvalue weighted by atomic mass is 19.1. The molecule has 1 unspecified atom stereocenters. The van der Waals surface area contributed by atoms with Crippen molar-refractivity contribution in [2.75, 3.05) is 20.3 Å². The molecule has 0 aliphatic rings. The van der Waals surface area contributed by atoms with Crippen molar-refractivity contribution in [1.29, 1.82) is 0 Å². The van der Waals surface area contributed by atoms with Gasteiger partial charge < -0.3 is 10.1 Å². The van der Waals surface area contributed by atoms with Crippen molar-refractivity contribution in [1.82, 2.24) is 5.32 Å². The molecule has 17 heavy (non-hydrogen) atoms. The van der Waals surface area contributed by atoms with E-state index in [1.54, 1.807) is 12.1 Å². The summed E-state index contributed by atoms with van der Waals surface area (Å²) in [5.74, 6) is 0.454. The molecule has 0 bridgehead atoms. The Morgan fingerprint density at radius 2 is 2.00 bits per heavy atom. The van der Waals surface area contributed by atoms with Crippen LogP contribution in [-0.2, 0) is 4.74 Å². The second-order valence-corrected chi connectivity index (χ2v) is 4.62. The predicted molar refractivity (Wildman–Crippen MR) is 68.5 cm³/mol. The molecule has 3 heteroatoms. The van der Waals surface area contributed by atoms with Crippen LogP contribution in [0.5, 0.6) is 0 Å². The van der Waals surface area contributed by atoms with Gasteiger partial charge in [0.2, 0.25) is 0 Å². The number of rotatable bonds is 7. The van der Waals surface area contributed by atoms with E-state index in [4.69, 9.17) is 4.74 Å². The molecule has 1 atom stereocenters. The minimum Gasteiger partial charge on any atom is -0.379 e. The number of nitrogens with one attached hydrogen (secondary N) is 1. The normalized spacial score (nSPS) is 13.0. The van der Waals surface area contributed by atoms with Crippen LogP contribution in [0.3, 0.4) is 0 Å². The molecule has 1 aromatic rings. The van der Waals surface area contributed by atoms with Gasteiger partial charge in [0.25, 0.3) is 0 Å². The summed E-state index contributed by atoms with van der Waals surface area (Å²) in [4.78, 5) is 0. The lowest BCUT2D eigenvalue weighted by Gasteiger charge is -2.17. The Morgan fingerprint density at radius 1 is 1.29 bits per heavy atom. The van der Waals surface area contributed by atoms with Gasteiger partial charge in [-0.05, 0) is 25.5 Å². The Bertz CT molecular complexity index is 328. The van der Waals surface area contributed by atoms with E-state index in [0.29, 0.717) is 18.1 Å². The van der Waals surface area contributed by atoms with Crippen molar-refractivity contribution >= 4 is 0 Å². The number of hydrogen-bond donors (Lipinski definition) is 1. The molecule has 0 saturated carbocycles. The van der Waals surface area contributed by atoms with Crippen LogP contribution in [0, 0.1) is 11.7 Å². The maximum Gasteiger partial charge on any atom is 0.128 e. The summed E-state index contributed by atoms with van der Waals surface area (Å²) in [5, 5.41) is 3.08. The average molecular weight is 239 g/mol. The Hall–Kier alpha value is -0.930. The number of halogens is 1.